The molecule has 0 atom stereocenters. The van der Waals surface area contributed by atoms with Gasteiger partial charge in [0.25, 0.3) is 0 Å². The highest BCUT2D eigenvalue weighted by molar-refractivity contribution is 7.97. The Morgan fingerprint density at radius 2 is 1.62 bits per heavy atom. The monoisotopic (exact) mass is 301 g/mol. The number of aliphatic hydroxyl groups excluding tert-OH is 1. The van der Waals surface area contributed by atoms with Gasteiger partial charge in [-0.2, -0.15) is 0 Å². The van der Waals surface area contributed by atoms with Crippen LogP contribution in [0.15, 0.2) is 41.3 Å². The molecule has 0 radical (unpaired) electrons. The second-order valence-electron chi connectivity index (χ2n) is 5.91. The van der Waals surface area contributed by atoms with Crippen LogP contribution in [0.1, 0.15) is 37.7 Å². The molecule has 1 heterocycles. The van der Waals surface area contributed by atoms with Crippen molar-refractivity contribution in [3.05, 3.63) is 42.0 Å². The lowest BCUT2D eigenvalue weighted by atomic mass is 10.0. The van der Waals surface area contributed by atoms with E-state index < -0.39 is 0 Å². The summed E-state index contributed by atoms with van der Waals surface area (Å²) in [5.41, 5.74) is 1.45. The number of rotatable bonds is 5. The second kappa shape index (κ2) is 7.33. The van der Waals surface area contributed by atoms with Gasteiger partial charge >= 0.3 is 0 Å². The largest absolute Gasteiger partial charge is 0.396 e. The summed E-state index contributed by atoms with van der Waals surface area (Å²) in [6.07, 6.45) is 7.27. The van der Waals surface area contributed by atoms with Crippen LogP contribution in [-0.4, -0.2) is 23.2 Å². The third-order valence-electron chi connectivity index (χ3n) is 4.42. The third-order valence-corrected chi connectivity index (χ3v) is 6.96. The molecule has 2 aromatic rings. The number of aliphatic hydroxyl groups is 1. The summed E-state index contributed by atoms with van der Waals surface area (Å²) in [6.45, 7) is 0.305. The molecule has 0 aromatic heterocycles. The maximum Gasteiger partial charge on any atom is 0.162 e. The molecule has 2 aromatic carbocycles. The average molecular weight is 301 g/mol. The highest BCUT2D eigenvalue weighted by Gasteiger charge is 2.26. The molecule has 1 aliphatic heterocycles. The van der Waals surface area contributed by atoms with Crippen molar-refractivity contribution >= 4 is 21.7 Å². The summed E-state index contributed by atoms with van der Waals surface area (Å²) in [5, 5.41) is 11.9. The molecule has 0 bridgehead atoms. The number of aryl methyl sites for hydroxylation is 1. The molecular weight excluding hydrogens is 276 g/mol. The van der Waals surface area contributed by atoms with E-state index in [4.69, 9.17) is 5.11 Å². The number of unbranched alkanes of at least 4 members (excludes halogenated alkanes) is 1. The predicted octanol–water partition coefficient (Wildman–Crippen LogP) is 4.32. The lowest BCUT2D eigenvalue weighted by Gasteiger charge is -2.16. The minimum absolute atomic E-state index is 0.305. The van der Waals surface area contributed by atoms with Crippen molar-refractivity contribution in [1.29, 1.82) is 0 Å². The average Bonchev–Trinajstić information content (AvgIpc) is 2.56. The van der Waals surface area contributed by atoms with Crippen LogP contribution in [0.2, 0.25) is 0 Å². The molecule has 1 aliphatic rings. The topological polar surface area (TPSA) is 20.2 Å². The summed E-state index contributed by atoms with van der Waals surface area (Å²) >= 11 is 0. The highest BCUT2D eigenvalue weighted by Crippen LogP contribution is 2.31. The number of hydrogen-bond acceptors (Lipinski definition) is 1. The fourth-order valence-corrected chi connectivity index (χ4v) is 5.78. The third kappa shape index (κ3) is 3.44. The molecule has 0 saturated carbocycles. The van der Waals surface area contributed by atoms with Crippen molar-refractivity contribution in [2.24, 2.45) is 0 Å². The predicted molar refractivity (Wildman–Crippen MR) is 93.2 cm³/mol. The molecule has 1 N–H and O–H groups in total. The van der Waals surface area contributed by atoms with Crippen molar-refractivity contribution < 1.29 is 5.11 Å². The molecule has 0 spiro atoms. The van der Waals surface area contributed by atoms with Gasteiger partial charge in [-0.1, -0.05) is 24.3 Å². The van der Waals surface area contributed by atoms with Crippen LogP contribution in [0.25, 0.3) is 10.8 Å². The van der Waals surface area contributed by atoms with Crippen molar-refractivity contribution in [2.75, 3.05) is 18.1 Å². The normalized spacial score (nSPS) is 16.4. The molecule has 0 amide bonds. The Kier molecular flexibility index (Phi) is 5.21. The van der Waals surface area contributed by atoms with Gasteiger partial charge in [-0.3, -0.25) is 0 Å². The Morgan fingerprint density at radius 1 is 0.857 bits per heavy atom. The van der Waals surface area contributed by atoms with E-state index in [0.717, 1.165) is 19.3 Å². The van der Waals surface area contributed by atoms with Gasteiger partial charge < -0.3 is 5.11 Å². The summed E-state index contributed by atoms with van der Waals surface area (Å²) in [4.78, 5) is 1.59. The van der Waals surface area contributed by atoms with E-state index in [-0.39, 0.29) is 0 Å². The molecule has 1 fully saturated rings. The Balaban J connectivity index is 1.93. The van der Waals surface area contributed by atoms with Gasteiger partial charge in [-0.25, -0.2) is 0 Å². The molecule has 1 nitrogen and oxygen atoms in total. The van der Waals surface area contributed by atoms with Crippen molar-refractivity contribution in [3.8, 4) is 0 Å². The van der Waals surface area contributed by atoms with Crippen molar-refractivity contribution in [1.82, 2.24) is 0 Å². The van der Waals surface area contributed by atoms with Crippen LogP contribution in [-0.2, 0) is 17.3 Å². The first kappa shape index (κ1) is 14.9. The Bertz CT molecular complexity index is 587. The van der Waals surface area contributed by atoms with Crippen LogP contribution in [0, 0.1) is 0 Å². The summed E-state index contributed by atoms with van der Waals surface area (Å²) in [5.74, 6) is 2.77. The summed E-state index contributed by atoms with van der Waals surface area (Å²) < 4.78 is 0. The number of hydrogen-bond donors (Lipinski definition) is 1. The van der Waals surface area contributed by atoms with Crippen LogP contribution in [0.4, 0.5) is 0 Å². The van der Waals surface area contributed by atoms with E-state index in [2.05, 4.69) is 36.4 Å². The molecule has 0 unspecified atom stereocenters. The van der Waals surface area contributed by atoms with Gasteiger partial charge in [0.2, 0.25) is 0 Å². The van der Waals surface area contributed by atoms with Crippen LogP contribution in [0.3, 0.4) is 0 Å². The zero-order chi connectivity index (χ0) is 14.5. The summed E-state index contributed by atoms with van der Waals surface area (Å²) in [6, 6.07) is 13.7. The number of benzene rings is 2. The molecule has 3 rings (SSSR count). The van der Waals surface area contributed by atoms with Crippen molar-refractivity contribution in [3.63, 3.8) is 0 Å². The number of fused-ring (bicyclic) bond motifs is 1. The Labute approximate surface area is 130 Å². The van der Waals surface area contributed by atoms with Gasteiger partial charge in [0, 0.05) is 22.9 Å². The zero-order valence-corrected chi connectivity index (χ0v) is 13.5. The molecule has 0 aliphatic carbocycles. The fraction of sp³-hybridized carbons (Fsp3) is 0.474. The van der Waals surface area contributed by atoms with Crippen molar-refractivity contribution in [2.45, 2.75) is 43.4 Å². The smallest absolute Gasteiger partial charge is 0.162 e. The van der Waals surface area contributed by atoms with Gasteiger partial charge in [-0.05, 0) is 61.6 Å². The van der Waals surface area contributed by atoms with E-state index >= 15 is 0 Å². The van der Waals surface area contributed by atoms with Crippen LogP contribution in [0.5, 0.6) is 0 Å². The first-order valence-electron chi connectivity index (χ1n) is 8.19. The van der Waals surface area contributed by atoms with Gasteiger partial charge in [0.1, 0.15) is 11.5 Å². The Hall–Kier alpha value is -0.990. The quantitative estimate of drug-likeness (QED) is 0.644. The standard InChI is InChI=1S/C19H25OS/c20-13-5-4-8-16-11-12-19(21-14-6-1-7-15-21)18-10-3-2-9-17(16)18/h2-3,9-12,20H,1,4-8,13-15H2/q+1. The molecule has 1 saturated heterocycles. The minimum Gasteiger partial charge on any atom is -0.396 e. The minimum atomic E-state index is 0.305. The maximum absolute atomic E-state index is 8.97. The van der Waals surface area contributed by atoms with E-state index in [0.29, 0.717) is 17.5 Å². The van der Waals surface area contributed by atoms with Gasteiger partial charge in [0.05, 0.1) is 0 Å². The summed E-state index contributed by atoms with van der Waals surface area (Å²) in [7, 11) is 0.462. The first-order chi connectivity index (χ1) is 10.4. The van der Waals surface area contributed by atoms with E-state index in [1.807, 2.05) is 0 Å². The zero-order valence-electron chi connectivity index (χ0n) is 12.7. The first-order valence-corrected chi connectivity index (χ1v) is 9.75. The SMILES string of the molecule is OCCCCc1ccc([S+]2CCCCC2)c2ccccc12. The fourth-order valence-electron chi connectivity index (χ4n) is 3.28. The van der Waals surface area contributed by atoms with E-state index in [1.165, 1.54) is 47.1 Å². The molecule has 2 heteroatoms. The Morgan fingerprint density at radius 3 is 2.38 bits per heavy atom. The van der Waals surface area contributed by atoms with E-state index in [9.17, 15) is 0 Å². The van der Waals surface area contributed by atoms with Gasteiger partial charge in [0.15, 0.2) is 4.90 Å². The lowest BCUT2D eigenvalue weighted by molar-refractivity contribution is 0.284. The molecular formula is C19H25OS+. The second-order valence-corrected chi connectivity index (χ2v) is 8.15. The molecule has 21 heavy (non-hydrogen) atoms. The highest BCUT2D eigenvalue weighted by atomic mass is 32.2. The molecule has 112 valence electrons. The maximum atomic E-state index is 8.97. The van der Waals surface area contributed by atoms with Gasteiger partial charge in [-0.15, -0.1) is 0 Å². The van der Waals surface area contributed by atoms with Crippen LogP contribution >= 0.6 is 0 Å². The lowest BCUT2D eigenvalue weighted by Crippen LogP contribution is -2.18. The van der Waals surface area contributed by atoms with Crippen LogP contribution < -0.4 is 0 Å². The van der Waals surface area contributed by atoms with E-state index in [1.54, 1.807) is 4.90 Å².